The summed E-state index contributed by atoms with van der Waals surface area (Å²) in [6.45, 7) is 3.04. The van der Waals surface area contributed by atoms with Gasteiger partial charge in [0.1, 0.15) is 0 Å². The third-order valence-corrected chi connectivity index (χ3v) is 1.75. The van der Waals surface area contributed by atoms with Gasteiger partial charge < -0.3 is 0 Å². The van der Waals surface area contributed by atoms with Crippen molar-refractivity contribution in [2.45, 2.75) is 26.2 Å². The van der Waals surface area contributed by atoms with Gasteiger partial charge in [0, 0.05) is 12.3 Å². The molecule has 0 bridgehead atoms. The number of allylic oxidation sites excluding steroid dienone is 4. The Bertz CT molecular complexity index is 187. The maximum absolute atomic E-state index is 4.40. The quantitative estimate of drug-likeness (QED) is 0.535. The molecule has 0 saturated heterocycles. The highest BCUT2D eigenvalue weighted by Crippen LogP contribution is 2.06. The van der Waals surface area contributed by atoms with Gasteiger partial charge in [0.25, 0.3) is 0 Å². The van der Waals surface area contributed by atoms with Gasteiger partial charge in [-0.25, -0.2) is 0 Å². The lowest BCUT2D eigenvalue weighted by atomic mass is 10.1. The number of hydrogen-bond acceptors (Lipinski definition) is 1. The molecule has 0 aromatic carbocycles. The van der Waals surface area contributed by atoms with E-state index in [9.17, 15) is 0 Å². The summed E-state index contributed by atoms with van der Waals surface area (Å²) in [4.78, 5) is 4.40. The van der Waals surface area contributed by atoms with Crippen molar-refractivity contribution >= 4 is 5.71 Å². The van der Waals surface area contributed by atoms with Crippen LogP contribution in [0.3, 0.4) is 0 Å². The zero-order chi connectivity index (χ0) is 7.94. The lowest BCUT2D eigenvalue weighted by Gasteiger charge is -2.06. The summed E-state index contributed by atoms with van der Waals surface area (Å²) >= 11 is 0. The molecule has 0 aromatic heterocycles. The van der Waals surface area contributed by atoms with Gasteiger partial charge in [-0.3, -0.25) is 4.99 Å². The molecule has 0 unspecified atom stereocenters. The third-order valence-electron chi connectivity index (χ3n) is 1.75. The highest BCUT2D eigenvalue weighted by molar-refractivity contribution is 5.95. The Labute approximate surface area is 68.5 Å². The van der Waals surface area contributed by atoms with Gasteiger partial charge in [0.15, 0.2) is 0 Å². The Balaban J connectivity index is 2.40. The summed E-state index contributed by atoms with van der Waals surface area (Å²) in [6.07, 6.45) is 12.0. The van der Waals surface area contributed by atoms with Crippen LogP contribution >= 0.6 is 0 Å². The van der Waals surface area contributed by atoms with Gasteiger partial charge in [0.2, 0.25) is 0 Å². The number of nitrogens with zero attached hydrogens (tertiary/aromatic N) is 1. The van der Waals surface area contributed by atoms with Crippen LogP contribution in [-0.4, -0.2) is 12.3 Å². The lowest BCUT2D eigenvalue weighted by molar-refractivity contribution is 0.740. The Hall–Kier alpha value is -0.850. The van der Waals surface area contributed by atoms with Crippen LogP contribution in [0.1, 0.15) is 26.2 Å². The zero-order valence-corrected chi connectivity index (χ0v) is 7.09. The monoisotopic (exact) mass is 149 g/mol. The predicted octanol–water partition coefficient (Wildman–Crippen LogP) is 2.74. The van der Waals surface area contributed by atoms with Gasteiger partial charge in [-0.1, -0.05) is 18.2 Å². The Morgan fingerprint density at radius 1 is 1.27 bits per heavy atom. The summed E-state index contributed by atoms with van der Waals surface area (Å²) in [6, 6.07) is 0. The van der Waals surface area contributed by atoms with Crippen LogP contribution < -0.4 is 0 Å². The molecule has 0 atom stereocenters. The highest BCUT2D eigenvalue weighted by atomic mass is 14.7. The van der Waals surface area contributed by atoms with E-state index in [1.165, 1.54) is 18.6 Å². The predicted molar refractivity (Wildman–Crippen MR) is 50.1 cm³/mol. The minimum atomic E-state index is 1.02. The molecule has 1 nitrogen and oxygen atoms in total. The SMILES string of the molecule is CC=CC=CC1=NCCCC1. The van der Waals surface area contributed by atoms with E-state index < -0.39 is 0 Å². The van der Waals surface area contributed by atoms with E-state index in [1.54, 1.807) is 0 Å². The number of hydrogen-bond donors (Lipinski definition) is 0. The second-order valence-electron chi connectivity index (χ2n) is 2.72. The van der Waals surface area contributed by atoms with Crippen molar-refractivity contribution in [1.29, 1.82) is 0 Å². The largest absolute Gasteiger partial charge is 0.290 e. The van der Waals surface area contributed by atoms with Gasteiger partial charge >= 0.3 is 0 Å². The van der Waals surface area contributed by atoms with Crippen LogP contribution in [-0.2, 0) is 0 Å². The Kier molecular flexibility index (Phi) is 3.67. The van der Waals surface area contributed by atoms with Crippen LogP contribution in [0.5, 0.6) is 0 Å². The van der Waals surface area contributed by atoms with E-state index in [0.29, 0.717) is 0 Å². The van der Waals surface area contributed by atoms with Crippen LogP contribution in [0.15, 0.2) is 29.3 Å². The van der Waals surface area contributed by atoms with Crippen molar-refractivity contribution < 1.29 is 0 Å². The molecule has 11 heavy (non-hydrogen) atoms. The second kappa shape index (κ2) is 4.89. The van der Waals surface area contributed by atoms with Crippen molar-refractivity contribution in [3.05, 3.63) is 24.3 Å². The Morgan fingerprint density at radius 2 is 2.18 bits per heavy atom. The molecule has 0 spiro atoms. The van der Waals surface area contributed by atoms with Crippen molar-refractivity contribution in [2.75, 3.05) is 6.54 Å². The van der Waals surface area contributed by atoms with Gasteiger partial charge in [-0.05, 0) is 32.3 Å². The minimum Gasteiger partial charge on any atom is -0.290 e. The van der Waals surface area contributed by atoms with Crippen molar-refractivity contribution in [3.63, 3.8) is 0 Å². The molecule has 1 heteroatoms. The summed E-state index contributed by atoms with van der Waals surface area (Å²) in [7, 11) is 0. The average molecular weight is 149 g/mol. The molecule has 0 aromatic rings. The number of rotatable bonds is 2. The van der Waals surface area contributed by atoms with Crippen LogP contribution in [0.2, 0.25) is 0 Å². The smallest absolute Gasteiger partial charge is 0.0392 e. The van der Waals surface area contributed by atoms with E-state index in [2.05, 4.69) is 17.1 Å². The van der Waals surface area contributed by atoms with Crippen LogP contribution in [0.4, 0.5) is 0 Å². The normalized spacial score (nSPS) is 19.5. The second-order valence-corrected chi connectivity index (χ2v) is 2.72. The first-order valence-corrected chi connectivity index (χ1v) is 4.26. The van der Waals surface area contributed by atoms with Gasteiger partial charge in [-0.2, -0.15) is 0 Å². The van der Waals surface area contributed by atoms with Crippen molar-refractivity contribution in [3.8, 4) is 0 Å². The van der Waals surface area contributed by atoms with Crippen LogP contribution in [0, 0.1) is 0 Å². The number of aliphatic imine (C=N–C) groups is 1. The standard InChI is InChI=1S/C10H15N/c1-2-3-4-7-10-8-5-6-9-11-10/h2-4,7H,5-6,8-9H2,1H3. The fraction of sp³-hybridized carbons (Fsp3) is 0.500. The van der Waals surface area contributed by atoms with E-state index >= 15 is 0 Å². The molecular formula is C10H15N. The van der Waals surface area contributed by atoms with Crippen molar-refractivity contribution in [1.82, 2.24) is 0 Å². The zero-order valence-electron chi connectivity index (χ0n) is 7.09. The maximum atomic E-state index is 4.40. The first-order chi connectivity index (χ1) is 5.43. The molecule has 1 rings (SSSR count). The van der Waals surface area contributed by atoms with Gasteiger partial charge in [0.05, 0.1) is 0 Å². The van der Waals surface area contributed by atoms with E-state index in [1.807, 2.05) is 19.1 Å². The van der Waals surface area contributed by atoms with Crippen LogP contribution in [0.25, 0.3) is 0 Å². The van der Waals surface area contributed by atoms with E-state index in [4.69, 9.17) is 0 Å². The highest BCUT2D eigenvalue weighted by Gasteiger charge is 1.99. The summed E-state index contributed by atoms with van der Waals surface area (Å²) in [5.74, 6) is 0. The molecule has 0 N–H and O–H groups in total. The summed E-state index contributed by atoms with van der Waals surface area (Å²) in [5.41, 5.74) is 1.26. The van der Waals surface area contributed by atoms with Crippen molar-refractivity contribution in [2.24, 2.45) is 4.99 Å². The maximum Gasteiger partial charge on any atom is 0.0392 e. The first-order valence-electron chi connectivity index (χ1n) is 4.26. The molecule has 0 aliphatic carbocycles. The molecule has 1 aliphatic heterocycles. The summed E-state index contributed by atoms with van der Waals surface area (Å²) < 4.78 is 0. The molecule has 60 valence electrons. The molecule has 1 heterocycles. The molecule has 0 saturated carbocycles. The van der Waals surface area contributed by atoms with Gasteiger partial charge in [-0.15, -0.1) is 0 Å². The molecular weight excluding hydrogens is 134 g/mol. The van der Waals surface area contributed by atoms with E-state index in [-0.39, 0.29) is 0 Å². The average Bonchev–Trinajstić information content (AvgIpc) is 2.07. The van der Waals surface area contributed by atoms with E-state index in [0.717, 1.165) is 13.0 Å². The first kappa shape index (κ1) is 8.25. The topological polar surface area (TPSA) is 12.4 Å². The summed E-state index contributed by atoms with van der Waals surface area (Å²) in [5, 5.41) is 0. The fourth-order valence-electron chi connectivity index (χ4n) is 1.13. The minimum absolute atomic E-state index is 1.02. The fourth-order valence-corrected chi connectivity index (χ4v) is 1.13. The molecule has 0 amide bonds. The molecule has 1 aliphatic rings. The molecule has 0 radical (unpaired) electrons. The Morgan fingerprint density at radius 3 is 2.82 bits per heavy atom. The third kappa shape index (κ3) is 3.17. The molecule has 0 fully saturated rings. The lowest BCUT2D eigenvalue weighted by Crippen LogP contribution is -2.02.